The van der Waals surface area contributed by atoms with Crippen LogP contribution in [0.3, 0.4) is 0 Å². The topological polar surface area (TPSA) is 12.0 Å². The summed E-state index contributed by atoms with van der Waals surface area (Å²) in [4.78, 5) is 0. The van der Waals surface area contributed by atoms with Crippen molar-refractivity contribution in [1.82, 2.24) is 5.32 Å². The van der Waals surface area contributed by atoms with Crippen LogP contribution in [0.1, 0.15) is 44.6 Å². The van der Waals surface area contributed by atoms with E-state index in [0.717, 1.165) is 30.9 Å². The molecule has 3 unspecified atom stereocenters. The number of hydrogen-bond donors (Lipinski definition) is 1. The zero-order chi connectivity index (χ0) is 14.8. The van der Waals surface area contributed by atoms with Crippen LogP contribution in [0.25, 0.3) is 0 Å². The van der Waals surface area contributed by atoms with Gasteiger partial charge in [0, 0.05) is 12.1 Å². The molecule has 0 heterocycles. The van der Waals surface area contributed by atoms with E-state index in [-0.39, 0.29) is 0 Å². The van der Waals surface area contributed by atoms with E-state index < -0.39 is 11.6 Å². The molecule has 3 atom stereocenters. The Balaban J connectivity index is 1.70. The molecule has 2 aliphatic carbocycles. The standard InChI is InChI=1S/C18H25F2N/c1-2-9-21-17(18-14-5-3-4-6-15(14)18)10-12-7-8-13(19)11-16(12)20/h7-8,11,14-15,17-18,21H,2-6,9-10H2,1H3. The molecule has 0 saturated heterocycles. The number of benzene rings is 1. The molecular formula is C18H25F2N. The summed E-state index contributed by atoms with van der Waals surface area (Å²) in [6.07, 6.45) is 7.15. The molecule has 0 amide bonds. The molecule has 116 valence electrons. The van der Waals surface area contributed by atoms with E-state index in [2.05, 4.69) is 12.2 Å². The lowest BCUT2D eigenvalue weighted by atomic mass is 9.99. The van der Waals surface area contributed by atoms with Crippen molar-refractivity contribution in [2.24, 2.45) is 17.8 Å². The van der Waals surface area contributed by atoms with Crippen LogP contribution in [0.2, 0.25) is 0 Å². The Bertz CT molecular complexity index is 476. The summed E-state index contributed by atoms with van der Waals surface area (Å²) < 4.78 is 27.0. The Hall–Kier alpha value is -0.960. The van der Waals surface area contributed by atoms with E-state index in [9.17, 15) is 8.78 Å². The summed E-state index contributed by atoms with van der Waals surface area (Å²) >= 11 is 0. The molecule has 2 saturated carbocycles. The predicted molar refractivity (Wildman–Crippen MR) is 81.1 cm³/mol. The quantitative estimate of drug-likeness (QED) is 0.824. The summed E-state index contributed by atoms with van der Waals surface area (Å²) in [5.74, 6) is 1.49. The van der Waals surface area contributed by atoms with Gasteiger partial charge in [-0.1, -0.05) is 25.8 Å². The van der Waals surface area contributed by atoms with Gasteiger partial charge in [-0.3, -0.25) is 0 Å². The van der Waals surface area contributed by atoms with Crippen molar-refractivity contribution in [1.29, 1.82) is 0 Å². The van der Waals surface area contributed by atoms with Gasteiger partial charge in [-0.2, -0.15) is 0 Å². The first-order valence-corrected chi connectivity index (χ1v) is 8.38. The summed E-state index contributed by atoms with van der Waals surface area (Å²) in [5, 5.41) is 3.62. The third-order valence-corrected chi connectivity index (χ3v) is 5.30. The van der Waals surface area contributed by atoms with E-state index in [4.69, 9.17) is 0 Å². The lowest BCUT2D eigenvalue weighted by molar-refractivity contribution is 0.421. The molecule has 0 aliphatic heterocycles. The molecule has 0 aromatic heterocycles. The lowest BCUT2D eigenvalue weighted by Gasteiger charge is -2.19. The van der Waals surface area contributed by atoms with Crippen molar-refractivity contribution in [3.8, 4) is 0 Å². The lowest BCUT2D eigenvalue weighted by Crippen LogP contribution is -2.35. The van der Waals surface area contributed by atoms with Crippen molar-refractivity contribution in [3.63, 3.8) is 0 Å². The van der Waals surface area contributed by atoms with Crippen LogP contribution in [0.4, 0.5) is 8.78 Å². The smallest absolute Gasteiger partial charge is 0.129 e. The van der Waals surface area contributed by atoms with Gasteiger partial charge in [0.25, 0.3) is 0 Å². The summed E-state index contributed by atoms with van der Waals surface area (Å²) in [6.45, 7) is 3.13. The van der Waals surface area contributed by atoms with Gasteiger partial charge in [0.15, 0.2) is 0 Å². The average molecular weight is 293 g/mol. The minimum Gasteiger partial charge on any atom is -0.313 e. The first-order chi connectivity index (χ1) is 10.2. The van der Waals surface area contributed by atoms with E-state index >= 15 is 0 Å². The predicted octanol–water partition coefficient (Wildman–Crippen LogP) is 4.31. The third kappa shape index (κ3) is 3.28. The van der Waals surface area contributed by atoms with Crippen molar-refractivity contribution < 1.29 is 8.78 Å². The molecule has 1 aromatic carbocycles. The highest BCUT2D eigenvalue weighted by molar-refractivity contribution is 5.21. The molecule has 3 heteroatoms. The van der Waals surface area contributed by atoms with E-state index in [1.165, 1.54) is 31.7 Å². The number of halogens is 2. The van der Waals surface area contributed by atoms with Gasteiger partial charge in [-0.05, 0) is 61.6 Å². The largest absolute Gasteiger partial charge is 0.313 e. The first kappa shape index (κ1) is 15.0. The van der Waals surface area contributed by atoms with Crippen molar-refractivity contribution in [3.05, 3.63) is 35.4 Å². The number of nitrogens with one attached hydrogen (secondary N) is 1. The van der Waals surface area contributed by atoms with Crippen molar-refractivity contribution in [2.75, 3.05) is 6.54 Å². The van der Waals surface area contributed by atoms with Crippen LogP contribution < -0.4 is 5.32 Å². The fraction of sp³-hybridized carbons (Fsp3) is 0.667. The Labute approximate surface area is 126 Å². The molecule has 1 N–H and O–H groups in total. The highest BCUT2D eigenvalue weighted by Gasteiger charge is 2.53. The molecule has 1 nitrogen and oxygen atoms in total. The average Bonchev–Trinajstić information content (AvgIpc) is 3.20. The van der Waals surface area contributed by atoms with Crippen LogP contribution in [0.5, 0.6) is 0 Å². The molecule has 3 rings (SSSR count). The Morgan fingerprint density at radius 3 is 2.52 bits per heavy atom. The summed E-state index contributed by atoms with van der Waals surface area (Å²) in [7, 11) is 0. The minimum absolute atomic E-state index is 0.345. The van der Waals surface area contributed by atoms with Gasteiger partial charge in [0.05, 0.1) is 0 Å². The summed E-state index contributed by atoms with van der Waals surface area (Å²) in [5.41, 5.74) is 0.647. The molecule has 2 fully saturated rings. The maximum atomic E-state index is 13.9. The fourth-order valence-electron chi connectivity index (χ4n) is 4.24. The Kier molecular flexibility index (Phi) is 4.58. The Morgan fingerprint density at radius 1 is 1.19 bits per heavy atom. The second-order valence-corrected chi connectivity index (χ2v) is 6.69. The van der Waals surface area contributed by atoms with Crippen LogP contribution in [0, 0.1) is 29.4 Å². The van der Waals surface area contributed by atoms with Gasteiger partial charge in [-0.25, -0.2) is 8.78 Å². The SMILES string of the molecule is CCCNC(Cc1ccc(F)cc1F)C1C2CCCCC21. The number of rotatable bonds is 6. The van der Waals surface area contributed by atoms with E-state index in [0.29, 0.717) is 23.9 Å². The second-order valence-electron chi connectivity index (χ2n) is 6.69. The van der Waals surface area contributed by atoms with E-state index in [1.54, 1.807) is 6.07 Å². The van der Waals surface area contributed by atoms with Gasteiger partial charge >= 0.3 is 0 Å². The van der Waals surface area contributed by atoms with Crippen LogP contribution in [0.15, 0.2) is 18.2 Å². The molecule has 21 heavy (non-hydrogen) atoms. The van der Waals surface area contributed by atoms with Crippen LogP contribution in [-0.2, 0) is 6.42 Å². The summed E-state index contributed by atoms with van der Waals surface area (Å²) in [6, 6.07) is 4.33. The van der Waals surface area contributed by atoms with Crippen molar-refractivity contribution in [2.45, 2.75) is 51.5 Å². The maximum Gasteiger partial charge on any atom is 0.129 e. The monoisotopic (exact) mass is 293 g/mol. The van der Waals surface area contributed by atoms with Gasteiger partial charge in [-0.15, -0.1) is 0 Å². The third-order valence-electron chi connectivity index (χ3n) is 5.30. The van der Waals surface area contributed by atoms with Crippen molar-refractivity contribution >= 4 is 0 Å². The normalized spacial score (nSPS) is 29.0. The van der Waals surface area contributed by atoms with Gasteiger partial charge in [0.2, 0.25) is 0 Å². The highest BCUT2D eigenvalue weighted by Crippen LogP contribution is 2.57. The molecular weight excluding hydrogens is 268 g/mol. The Morgan fingerprint density at radius 2 is 1.90 bits per heavy atom. The molecule has 2 aliphatic rings. The first-order valence-electron chi connectivity index (χ1n) is 8.38. The van der Waals surface area contributed by atoms with E-state index in [1.807, 2.05) is 0 Å². The van der Waals surface area contributed by atoms with Crippen LogP contribution in [-0.4, -0.2) is 12.6 Å². The van der Waals surface area contributed by atoms with Gasteiger partial charge in [0.1, 0.15) is 11.6 Å². The molecule has 0 bridgehead atoms. The van der Waals surface area contributed by atoms with Crippen LogP contribution >= 0.6 is 0 Å². The molecule has 0 spiro atoms. The highest BCUT2D eigenvalue weighted by atomic mass is 19.1. The zero-order valence-electron chi connectivity index (χ0n) is 12.7. The minimum atomic E-state index is -0.491. The second kappa shape index (κ2) is 6.43. The number of hydrogen-bond acceptors (Lipinski definition) is 1. The molecule has 0 radical (unpaired) electrons. The zero-order valence-corrected chi connectivity index (χ0v) is 12.7. The maximum absolute atomic E-state index is 13.9. The fourth-order valence-corrected chi connectivity index (χ4v) is 4.24. The van der Waals surface area contributed by atoms with Gasteiger partial charge < -0.3 is 5.32 Å². The molecule has 1 aromatic rings. The number of fused-ring (bicyclic) bond motifs is 1.